The number of H-pyrrole nitrogens is 1. The number of nitrogens with one attached hydrogen (secondary N) is 1. The number of amides is 1. The third kappa shape index (κ3) is 3.80. The minimum Gasteiger partial charge on any atom is -0.377 e. The molecular weight excluding hydrogens is 306 g/mol. The average Bonchev–Trinajstić information content (AvgIpc) is 3.01. The smallest absolute Gasteiger partial charge is 0.237 e. The molecule has 1 aliphatic rings. The number of pyridine rings is 1. The fourth-order valence-corrected chi connectivity index (χ4v) is 3.02. The number of aromatic amines is 1. The normalized spacial score (nSPS) is 18.1. The number of carbonyl (C=O) groups is 1. The first-order chi connectivity index (χ1) is 11.6. The molecule has 1 fully saturated rings. The quantitative estimate of drug-likeness (QED) is 0.890. The summed E-state index contributed by atoms with van der Waals surface area (Å²) in [7, 11) is 1.95. The summed E-state index contributed by atoms with van der Waals surface area (Å²) in [6.07, 6.45) is 5.35. The summed E-state index contributed by atoms with van der Waals surface area (Å²) in [6.45, 7) is 4.71. The van der Waals surface area contributed by atoms with Crippen molar-refractivity contribution < 1.29 is 9.53 Å². The first kappa shape index (κ1) is 16.6. The number of aromatic nitrogens is 3. The van der Waals surface area contributed by atoms with Gasteiger partial charge in [-0.05, 0) is 31.2 Å². The number of hydrogen-bond acceptors (Lipinski definition) is 5. The van der Waals surface area contributed by atoms with E-state index in [1.54, 1.807) is 12.4 Å². The van der Waals surface area contributed by atoms with Crippen molar-refractivity contribution in [2.24, 2.45) is 0 Å². The van der Waals surface area contributed by atoms with Crippen LogP contribution < -0.4 is 0 Å². The Hall–Kier alpha value is -2.25. The van der Waals surface area contributed by atoms with Crippen molar-refractivity contribution in [1.82, 2.24) is 25.0 Å². The van der Waals surface area contributed by atoms with E-state index in [0.717, 1.165) is 16.8 Å². The molecule has 3 heterocycles. The van der Waals surface area contributed by atoms with Gasteiger partial charge in [-0.15, -0.1) is 0 Å². The Morgan fingerprint density at radius 3 is 3.08 bits per heavy atom. The summed E-state index contributed by atoms with van der Waals surface area (Å²) >= 11 is 0. The van der Waals surface area contributed by atoms with E-state index in [9.17, 15) is 4.79 Å². The summed E-state index contributed by atoms with van der Waals surface area (Å²) in [5.74, 6) is 0.101. The van der Waals surface area contributed by atoms with Gasteiger partial charge < -0.3 is 9.64 Å². The Bertz CT molecular complexity index is 673. The van der Waals surface area contributed by atoms with Gasteiger partial charge in [0.05, 0.1) is 37.7 Å². The van der Waals surface area contributed by atoms with Crippen molar-refractivity contribution in [3.05, 3.63) is 47.5 Å². The number of carbonyl (C=O) groups excluding carboxylic acids is 1. The fourth-order valence-electron chi connectivity index (χ4n) is 3.02. The van der Waals surface area contributed by atoms with Crippen molar-refractivity contribution in [2.75, 3.05) is 33.4 Å². The van der Waals surface area contributed by atoms with Gasteiger partial charge >= 0.3 is 0 Å². The van der Waals surface area contributed by atoms with E-state index in [2.05, 4.69) is 15.2 Å². The number of rotatable bonds is 5. The van der Waals surface area contributed by atoms with Crippen LogP contribution in [0.2, 0.25) is 0 Å². The SMILES string of the molecule is Cc1cn[nH]c1C1COCCN1C(=O)CN(C)Cc1cccnc1. The Labute approximate surface area is 141 Å². The zero-order chi connectivity index (χ0) is 16.9. The largest absolute Gasteiger partial charge is 0.377 e. The molecule has 7 nitrogen and oxygen atoms in total. The highest BCUT2D eigenvalue weighted by Crippen LogP contribution is 2.25. The molecule has 0 spiro atoms. The number of aryl methyl sites for hydroxylation is 1. The monoisotopic (exact) mass is 329 g/mol. The lowest BCUT2D eigenvalue weighted by Gasteiger charge is -2.36. The molecule has 1 unspecified atom stereocenters. The molecule has 2 aromatic heterocycles. The molecule has 0 saturated carbocycles. The van der Waals surface area contributed by atoms with Gasteiger partial charge in [0.25, 0.3) is 0 Å². The molecule has 24 heavy (non-hydrogen) atoms. The maximum Gasteiger partial charge on any atom is 0.237 e. The van der Waals surface area contributed by atoms with Gasteiger partial charge in [-0.25, -0.2) is 0 Å². The molecule has 0 radical (unpaired) electrons. The van der Waals surface area contributed by atoms with Crippen molar-refractivity contribution in [2.45, 2.75) is 19.5 Å². The van der Waals surface area contributed by atoms with E-state index < -0.39 is 0 Å². The highest BCUT2D eigenvalue weighted by molar-refractivity contribution is 5.79. The van der Waals surface area contributed by atoms with E-state index in [1.807, 2.05) is 42.1 Å². The maximum atomic E-state index is 12.8. The Balaban J connectivity index is 1.65. The van der Waals surface area contributed by atoms with Gasteiger partial charge in [0.1, 0.15) is 0 Å². The maximum absolute atomic E-state index is 12.8. The molecule has 3 rings (SSSR count). The van der Waals surface area contributed by atoms with Gasteiger partial charge in [0.15, 0.2) is 0 Å². The molecule has 0 bridgehead atoms. The number of likely N-dealkylation sites (N-methyl/N-ethyl adjacent to an activating group) is 1. The first-order valence-electron chi connectivity index (χ1n) is 8.09. The van der Waals surface area contributed by atoms with Crippen molar-refractivity contribution in [3.63, 3.8) is 0 Å². The average molecular weight is 329 g/mol. The predicted octanol–water partition coefficient (Wildman–Crippen LogP) is 1.15. The molecular formula is C17H23N5O2. The topological polar surface area (TPSA) is 74.3 Å². The van der Waals surface area contributed by atoms with Crippen molar-refractivity contribution in [3.8, 4) is 0 Å². The number of nitrogens with zero attached hydrogens (tertiary/aromatic N) is 4. The van der Waals surface area contributed by atoms with Crippen LogP contribution in [0.5, 0.6) is 0 Å². The number of hydrogen-bond donors (Lipinski definition) is 1. The van der Waals surface area contributed by atoms with Gasteiger partial charge in [0, 0.05) is 25.5 Å². The van der Waals surface area contributed by atoms with Crippen molar-refractivity contribution >= 4 is 5.91 Å². The molecule has 0 aliphatic carbocycles. The van der Waals surface area contributed by atoms with E-state index in [1.165, 1.54) is 0 Å². The van der Waals surface area contributed by atoms with Gasteiger partial charge in [-0.2, -0.15) is 5.10 Å². The van der Waals surface area contributed by atoms with Gasteiger partial charge in [0.2, 0.25) is 5.91 Å². The zero-order valence-corrected chi connectivity index (χ0v) is 14.1. The van der Waals surface area contributed by atoms with Crippen LogP contribution in [0.3, 0.4) is 0 Å². The molecule has 1 atom stereocenters. The highest BCUT2D eigenvalue weighted by atomic mass is 16.5. The molecule has 128 valence electrons. The minimum atomic E-state index is -0.0967. The standard InChI is InChI=1S/C17H23N5O2/c1-13-8-19-20-17(13)15-12-24-7-6-22(15)16(23)11-21(2)10-14-4-3-5-18-9-14/h3-5,8-9,15H,6-7,10-12H2,1-2H3,(H,19,20). The Kier molecular flexibility index (Phi) is 5.22. The minimum absolute atomic E-state index is 0.0967. The molecule has 1 saturated heterocycles. The second-order valence-corrected chi connectivity index (χ2v) is 6.18. The van der Waals surface area contributed by atoms with Crippen LogP contribution in [0, 0.1) is 6.92 Å². The lowest BCUT2D eigenvalue weighted by Crippen LogP contribution is -2.47. The Morgan fingerprint density at radius 1 is 1.50 bits per heavy atom. The molecule has 0 aromatic carbocycles. The zero-order valence-electron chi connectivity index (χ0n) is 14.1. The van der Waals surface area contributed by atoms with E-state index in [-0.39, 0.29) is 11.9 Å². The molecule has 7 heteroatoms. The number of morpholine rings is 1. The second-order valence-electron chi connectivity index (χ2n) is 6.18. The third-order valence-corrected chi connectivity index (χ3v) is 4.23. The van der Waals surface area contributed by atoms with Gasteiger partial charge in [-0.1, -0.05) is 6.07 Å². The van der Waals surface area contributed by atoms with E-state index in [4.69, 9.17) is 4.74 Å². The second kappa shape index (κ2) is 7.55. The lowest BCUT2D eigenvalue weighted by molar-refractivity contribution is -0.141. The molecule has 1 amide bonds. The highest BCUT2D eigenvalue weighted by Gasteiger charge is 2.31. The molecule has 1 aliphatic heterocycles. The van der Waals surface area contributed by atoms with Crippen molar-refractivity contribution in [1.29, 1.82) is 0 Å². The van der Waals surface area contributed by atoms with Crippen LogP contribution in [0.4, 0.5) is 0 Å². The first-order valence-corrected chi connectivity index (χ1v) is 8.09. The summed E-state index contributed by atoms with van der Waals surface area (Å²) < 4.78 is 5.58. The van der Waals surface area contributed by atoms with E-state index >= 15 is 0 Å². The summed E-state index contributed by atoms with van der Waals surface area (Å²) in [6, 6.07) is 3.82. The third-order valence-electron chi connectivity index (χ3n) is 4.23. The van der Waals surface area contributed by atoms with Gasteiger partial charge in [-0.3, -0.25) is 19.8 Å². The fraction of sp³-hybridized carbons (Fsp3) is 0.471. The van der Waals surface area contributed by atoms with E-state index in [0.29, 0.717) is 32.8 Å². The van der Waals surface area contributed by atoms with Crippen LogP contribution in [-0.4, -0.2) is 64.2 Å². The lowest BCUT2D eigenvalue weighted by atomic mass is 10.1. The van der Waals surface area contributed by atoms with Crippen LogP contribution in [0.15, 0.2) is 30.7 Å². The summed E-state index contributed by atoms with van der Waals surface area (Å²) in [5, 5.41) is 7.08. The predicted molar refractivity (Wildman–Crippen MR) is 89.2 cm³/mol. The summed E-state index contributed by atoms with van der Waals surface area (Å²) in [5.41, 5.74) is 3.10. The van der Waals surface area contributed by atoms with Crippen LogP contribution in [0.25, 0.3) is 0 Å². The summed E-state index contributed by atoms with van der Waals surface area (Å²) in [4.78, 5) is 20.8. The number of ether oxygens (including phenoxy) is 1. The molecule has 2 aromatic rings. The van der Waals surface area contributed by atoms with Crippen LogP contribution >= 0.6 is 0 Å². The van der Waals surface area contributed by atoms with Crippen LogP contribution in [0.1, 0.15) is 22.9 Å². The molecule has 1 N–H and O–H groups in total. The van der Waals surface area contributed by atoms with Crippen LogP contribution in [-0.2, 0) is 16.1 Å². The Morgan fingerprint density at radius 2 is 2.38 bits per heavy atom.